The zero-order valence-electron chi connectivity index (χ0n) is 11.8. The molecule has 0 saturated heterocycles. The molecule has 4 nitrogen and oxygen atoms in total. The number of anilines is 2. The Morgan fingerprint density at radius 3 is 2.71 bits per heavy atom. The van der Waals surface area contributed by atoms with E-state index < -0.39 is 0 Å². The van der Waals surface area contributed by atoms with Crippen LogP contribution in [0.4, 0.5) is 11.4 Å². The van der Waals surface area contributed by atoms with Gasteiger partial charge in [0.15, 0.2) is 0 Å². The highest BCUT2D eigenvalue weighted by Gasteiger charge is 2.07. The van der Waals surface area contributed by atoms with Crippen molar-refractivity contribution in [3.05, 3.63) is 58.1 Å². The Morgan fingerprint density at radius 1 is 1.24 bits per heavy atom. The van der Waals surface area contributed by atoms with E-state index in [0.29, 0.717) is 24.3 Å². The lowest BCUT2D eigenvalue weighted by molar-refractivity contribution is 0.0956. The second-order valence-electron chi connectivity index (χ2n) is 4.64. The number of nitrogens with two attached hydrogens (primary N) is 1. The normalized spacial score (nSPS) is 10.2. The monoisotopic (exact) mass is 347 g/mol. The van der Waals surface area contributed by atoms with E-state index in [4.69, 9.17) is 5.73 Å². The van der Waals surface area contributed by atoms with Crippen molar-refractivity contribution in [1.82, 2.24) is 5.32 Å². The average molecular weight is 348 g/mol. The summed E-state index contributed by atoms with van der Waals surface area (Å²) in [5.41, 5.74) is 9.10. The average Bonchev–Trinajstić information content (AvgIpc) is 2.46. The maximum absolute atomic E-state index is 11.7. The summed E-state index contributed by atoms with van der Waals surface area (Å²) in [6.07, 6.45) is 0. The maximum Gasteiger partial charge on any atom is 0.251 e. The van der Waals surface area contributed by atoms with Crippen LogP contribution in [0.25, 0.3) is 0 Å². The summed E-state index contributed by atoms with van der Waals surface area (Å²) in [6.45, 7) is 3.15. The van der Waals surface area contributed by atoms with Crippen LogP contribution in [0.15, 0.2) is 46.9 Å². The molecule has 0 aromatic heterocycles. The lowest BCUT2D eigenvalue weighted by atomic mass is 10.1. The molecule has 0 bridgehead atoms. The van der Waals surface area contributed by atoms with Crippen LogP contribution in [-0.4, -0.2) is 12.5 Å². The second-order valence-corrected chi connectivity index (χ2v) is 5.56. The third-order valence-electron chi connectivity index (χ3n) is 3.02. The summed E-state index contributed by atoms with van der Waals surface area (Å²) in [7, 11) is 0. The first-order valence-corrected chi connectivity index (χ1v) is 7.55. The number of benzene rings is 2. The molecular weight excluding hydrogens is 330 g/mol. The van der Waals surface area contributed by atoms with Crippen LogP contribution in [0.3, 0.4) is 0 Å². The smallest absolute Gasteiger partial charge is 0.251 e. The van der Waals surface area contributed by atoms with E-state index in [1.165, 1.54) is 0 Å². The standard InChI is InChI=1S/C16H18BrN3O/c1-2-19-16(21)12-6-7-15(14(18)9-12)20-10-11-4-3-5-13(17)8-11/h3-9,20H,2,10,18H2,1H3,(H,19,21). The fourth-order valence-corrected chi connectivity index (χ4v) is 2.42. The molecule has 110 valence electrons. The van der Waals surface area contributed by atoms with Crippen LogP contribution >= 0.6 is 15.9 Å². The van der Waals surface area contributed by atoms with Gasteiger partial charge >= 0.3 is 0 Å². The van der Waals surface area contributed by atoms with Gasteiger partial charge in [-0.15, -0.1) is 0 Å². The van der Waals surface area contributed by atoms with Crippen molar-refractivity contribution in [2.45, 2.75) is 13.5 Å². The molecule has 0 atom stereocenters. The zero-order chi connectivity index (χ0) is 15.2. The molecule has 2 aromatic carbocycles. The summed E-state index contributed by atoms with van der Waals surface area (Å²) in [5.74, 6) is -0.109. The number of carbonyl (C=O) groups excluding carboxylic acids is 1. The van der Waals surface area contributed by atoms with Crippen molar-refractivity contribution in [3.8, 4) is 0 Å². The quantitative estimate of drug-likeness (QED) is 0.726. The van der Waals surface area contributed by atoms with Gasteiger partial charge in [0.1, 0.15) is 0 Å². The van der Waals surface area contributed by atoms with Crippen molar-refractivity contribution in [3.63, 3.8) is 0 Å². The number of halogens is 1. The van der Waals surface area contributed by atoms with Crippen molar-refractivity contribution in [2.24, 2.45) is 0 Å². The van der Waals surface area contributed by atoms with Crippen LogP contribution in [0, 0.1) is 0 Å². The van der Waals surface area contributed by atoms with Gasteiger partial charge in [0, 0.05) is 23.1 Å². The minimum absolute atomic E-state index is 0.109. The molecule has 0 aliphatic heterocycles. The molecule has 0 heterocycles. The van der Waals surface area contributed by atoms with Gasteiger partial charge in [-0.1, -0.05) is 28.1 Å². The SMILES string of the molecule is CCNC(=O)c1ccc(NCc2cccc(Br)c2)c(N)c1. The molecule has 0 unspecified atom stereocenters. The number of carbonyl (C=O) groups is 1. The minimum atomic E-state index is -0.109. The first-order chi connectivity index (χ1) is 10.1. The summed E-state index contributed by atoms with van der Waals surface area (Å²) >= 11 is 3.45. The van der Waals surface area contributed by atoms with Crippen LogP contribution in [0.2, 0.25) is 0 Å². The second kappa shape index (κ2) is 7.13. The largest absolute Gasteiger partial charge is 0.397 e. The number of rotatable bonds is 5. The Balaban J connectivity index is 2.06. The summed E-state index contributed by atoms with van der Waals surface area (Å²) < 4.78 is 1.04. The van der Waals surface area contributed by atoms with E-state index in [2.05, 4.69) is 26.6 Å². The molecule has 0 radical (unpaired) electrons. The summed E-state index contributed by atoms with van der Waals surface area (Å²) in [5, 5.41) is 6.03. The highest BCUT2D eigenvalue weighted by molar-refractivity contribution is 9.10. The number of nitrogens with one attached hydrogen (secondary N) is 2. The molecule has 4 N–H and O–H groups in total. The van der Waals surface area contributed by atoms with E-state index in [0.717, 1.165) is 15.7 Å². The molecule has 0 saturated carbocycles. The highest BCUT2D eigenvalue weighted by Crippen LogP contribution is 2.21. The number of amides is 1. The molecule has 2 rings (SSSR count). The first kappa shape index (κ1) is 15.4. The molecule has 0 aliphatic carbocycles. The molecule has 5 heteroatoms. The third kappa shape index (κ3) is 4.23. The van der Waals surface area contributed by atoms with Gasteiger partial charge in [-0.2, -0.15) is 0 Å². The number of hydrogen-bond donors (Lipinski definition) is 3. The van der Waals surface area contributed by atoms with Gasteiger partial charge in [0.2, 0.25) is 0 Å². The predicted octanol–water partition coefficient (Wildman–Crippen LogP) is 3.39. The molecule has 0 aliphatic rings. The van der Waals surface area contributed by atoms with Gasteiger partial charge in [-0.05, 0) is 42.8 Å². The number of nitrogen functional groups attached to an aromatic ring is 1. The van der Waals surface area contributed by atoms with E-state index in [-0.39, 0.29) is 5.91 Å². The van der Waals surface area contributed by atoms with Crippen LogP contribution in [0.1, 0.15) is 22.8 Å². The fraction of sp³-hybridized carbons (Fsp3) is 0.188. The van der Waals surface area contributed by atoms with Gasteiger partial charge in [0.05, 0.1) is 11.4 Å². The van der Waals surface area contributed by atoms with Gasteiger partial charge in [-0.3, -0.25) is 4.79 Å². The predicted molar refractivity (Wildman–Crippen MR) is 90.3 cm³/mol. The van der Waals surface area contributed by atoms with Crippen molar-refractivity contribution in [2.75, 3.05) is 17.6 Å². The lowest BCUT2D eigenvalue weighted by Gasteiger charge is -2.11. The van der Waals surface area contributed by atoms with E-state index in [1.54, 1.807) is 12.1 Å². The third-order valence-corrected chi connectivity index (χ3v) is 3.52. The summed E-state index contributed by atoms with van der Waals surface area (Å²) in [6, 6.07) is 13.3. The molecule has 0 spiro atoms. The van der Waals surface area contributed by atoms with Crippen LogP contribution in [-0.2, 0) is 6.54 Å². The van der Waals surface area contributed by atoms with E-state index in [1.807, 2.05) is 37.3 Å². The Kier molecular flexibility index (Phi) is 5.22. The Labute approximate surface area is 132 Å². The van der Waals surface area contributed by atoms with Gasteiger partial charge in [0.25, 0.3) is 5.91 Å². The molecule has 21 heavy (non-hydrogen) atoms. The fourth-order valence-electron chi connectivity index (χ4n) is 1.97. The van der Waals surface area contributed by atoms with Gasteiger partial charge in [-0.25, -0.2) is 0 Å². The topological polar surface area (TPSA) is 67.2 Å². The van der Waals surface area contributed by atoms with Crippen molar-refractivity contribution < 1.29 is 4.79 Å². The first-order valence-electron chi connectivity index (χ1n) is 6.76. The maximum atomic E-state index is 11.7. The molecular formula is C16H18BrN3O. The van der Waals surface area contributed by atoms with Crippen LogP contribution < -0.4 is 16.4 Å². The van der Waals surface area contributed by atoms with E-state index >= 15 is 0 Å². The minimum Gasteiger partial charge on any atom is -0.397 e. The molecule has 0 fully saturated rings. The Morgan fingerprint density at radius 2 is 2.05 bits per heavy atom. The highest BCUT2D eigenvalue weighted by atomic mass is 79.9. The van der Waals surface area contributed by atoms with Crippen molar-refractivity contribution >= 4 is 33.2 Å². The van der Waals surface area contributed by atoms with E-state index in [9.17, 15) is 4.79 Å². The van der Waals surface area contributed by atoms with Crippen LogP contribution in [0.5, 0.6) is 0 Å². The van der Waals surface area contributed by atoms with Crippen molar-refractivity contribution in [1.29, 1.82) is 0 Å². The number of hydrogen-bond acceptors (Lipinski definition) is 3. The molecule has 2 aromatic rings. The van der Waals surface area contributed by atoms with Gasteiger partial charge < -0.3 is 16.4 Å². The Hall–Kier alpha value is -2.01. The Bertz CT molecular complexity index is 643. The summed E-state index contributed by atoms with van der Waals surface area (Å²) in [4.78, 5) is 11.7. The lowest BCUT2D eigenvalue weighted by Crippen LogP contribution is -2.22. The zero-order valence-corrected chi connectivity index (χ0v) is 13.4. The molecule has 1 amide bonds.